The van der Waals surface area contributed by atoms with Gasteiger partial charge in [0.25, 0.3) is 5.91 Å². The summed E-state index contributed by atoms with van der Waals surface area (Å²) >= 11 is 0. The molecule has 1 spiro atoms. The summed E-state index contributed by atoms with van der Waals surface area (Å²) in [4.78, 5) is 27.6. The zero-order valence-corrected chi connectivity index (χ0v) is 18.5. The average Bonchev–Trinajstić information content (AvgIpc) is 3.76. The van der Waals surface area contributed by atoms with Crippen LogP contribution in [0.3, 0.4) is 0 Å². The van der Waals surface area contributed by atoms with Gasteiger partial charge in [0.1, 0.15) is 12.7 Å². The van der Waals surface area contributed by atoms with Crippen LogP contribution in [-0.4, -0.2) is 39.9 Å². The minimum atomic E-state index is -1.06. The van der Waals surface area contributed by atoms with Crippen molar-refractivity contribution in [3.05, 3.63) is 93.4 Å². The normalized spacial score (nSPS) is 28.1. The number of aromatic hydroxyl groups is 1. The maximum Gasteiger partial charge on any atom is 0.278 e. The number of amides is 1. The fourth-order valence-corrected chi connectivity index (χ4v) is 6.05. The SMILES string of the molecule is O=C1c2c(O)c(=O)ccn2N2CN1C1CC13C[C@@H]3COc1c(ccc(F)c1F)C2c1ccccc1. The smallest absolute Gasteiger partial charge is 0.278 e. The van der Waals surface area contributed by atoms with Crippen LogP contribution in [0, 0.1) is 23.0 Å². The fraction of sp³-hybridized carbons (Fsp3) is 0.308. The van der Waals surface area contributed by atoms with Crippen molar-refractivity contribution in [2.45, 2.75) is 24.9 Å². The van der Waals surface area contributed by atoms with Gasteiger partial charge in [0.15, 0.2) is 23.0 Å². The van der Waals surface area contributed by atoms with E-state index < -0.39 is 34.8 Å². The van der Waals surface area contributed by atoms with Crippen molar-refractivity contribution in [3.8, 4) is 11.5 Å². The van der Waals surface area contributed by atoms with Gasteiger partial charge in [-0.3, -0.25) is 19.3 Å². The molecule has 1 amide bonds. The van der Waals surface area contributed by atoms with Gasteiger partial charge in [-0.25, -0.2) is 4.39 Å². The summed E-state index contributed by atoms with van der Waals surface area (Å²) in [7, 11) is 0. The standard InChI is InChI=1S/C26H21F2N3O4/c27-17-7-6-16-21(14-4-2-1-3-5-14)31-13-29(25(34)22-23(33)18(32)8-9-30(22)31)19-11-26(19)10-15(26)12-35-24(16)20(17)28/h1-9,15,19,21,33H,10-13H2/t15-,19?,21?,26?/m1/s1. The summed E-state index contributed by atoms with van der Waals surface area (Å²) in [5.41, 5.74) is 0.229. The summed E-state index contributed by atoms with van der Waals surface area (Å²) in [6.07, 6.45) is 3.03. The summed E-state index contributed by atoms with van der Waals surface area (Å²) < 4.78 is 37.0. The number of hydrogen-bond donors (Lipinski definition) is 1. The summed E-state index contributed by atoms with van der Waals surface area (Å²) in [5, 5.41) is 12.5. The summed E-state index contributed by atoms with van der Waals surface area (Å²) in [5.74, 6) is -3.14. The molecule has 0 radical (unpaired) electrons. The second kappa shape index (κ2) is 6.84. The first-order valence-electron chi connectivity index (χ1n) is 11.6. The van der Waals surface area contributed by atoms with E-state index in [9.17, 15) is 19.1 Å². The molecular weight excluding hydrogens is 456 g/mol. The zero-order chi connectivity index (χ0) is 24.1. The molecule has 2 fully saturated rings. The van der Waals surface area contributed by atoms with Crippen LogP contribution >= 0.6 is 0 Å². The maximum absolute atomic E-state index is 15.2. The first-order chi connectivity index (χ1) is 16.9. The minimum absolute atomic E-state index is 0.0752. The Bertz CT molecular complexity index is 1460. The van der Waals surface area contributed by atoms with Crippen LogP contribution < -0.4 is 15.2 Å². The summed E-state index contributed by atoms with van der Waals surface area (Å²) in [6, 6.07) is 12.2. The zero-order valence-electron chi connectivity index (χ0n) is 18.5. The Balaban J connectivity index is 1.52. The highest BCUT2D eigenvalue weighted by atomic mass is 19.2. The molecule has 2 saturated carbocycles. The van der Waals surface area contributed by atoms with Crippen LogP contribution in [0.5, 0.6) is 11.5 Å². The van der Waals surface area contributed by atoms with Crippen molar-refractivity contribution in [2.24, 2.45) is 11.3 Å². The van der Waals surface area contributed by atoms with Gasteiger partial charge < -0.3 is 14.7 Å². The minimum Gasteiger partial charge on any atom is -0.502 e. The molecule has 7 nitrogen and oxygen atoms in total. The predicted octanol–water partition coefficient (Wildman–Crippen LogP) is 3.14. The van der Waals surface area contributed by atoms with Crippen molar-refractivity contribution in [2.75, 3.05) is 18.3 Å². The monoisotopic (exact) mass is 477 g/mol. The fourth-order valence-electron chi connectivity index (χ4n) is 6.05. The molecule has 0 saturated heterocycles. The quantitative estimate of drug-likeness (QED) is 0.583. The average molecular weight is 477 g/mol. The largest absolute Gasteiger partial charge is 0.502 e. The van der Waals surface area contributed by atoms with Crippen molar-refractivity contribution in [1.29, 1.82) is 0 Å². The number of carbonyl (C=O) groups is 1. The number of carbonyl (C=O) groups excluding carboxylic acids is 1. The number of nitrogens with zero attached hydrogens (tertiary/aromatic N) is 3. The Morgan fingerprint density at radius 2 is 1.83 bits per heavy atom. The number of rotatable bonds is 1. The molecule has 4 atom stereocenters. The third-order valence-corrected chi connectivity index (χ3v) is 8.04. The second-order valence-corrected chi connectivity index (χ2v) is 9.84. The van der Waals surface area contributed by atoms with Crippen molar-refractivity contribution < 1.29 is 23.4 Å². The topological polar surface area (TPSA) is 75.0 Å². The highest BCUT2D eigenvalue weighted by Gasteiger charge is 2.73. The number of halogens is 2. The van der Waals surface area contributed by atoms with E-state index in [4.69, 9.17) is 4.74 Å². The molecule has 4 aliphatic rings. The molecule has 3 unspecified atom stereocenters. The number of aromatic nitrogens is 1. The lowest BCUT2D eigenvalue weighted by atomic mass is 9.96. The van der Waals surface area contributed by atoms with Crippen LogP contribution in [0.1, 0.15) is 40.5 Å². The van der Waals surface area contributed by atoms with Gasteiger partial charge in [-0.2, -0.15) is 4.39 Å². The van der Waals surface area contributed by atoms with E-state index in [1.54, 1.807) is 9.91 Å². The summed E-state index contributed by atoms with van der Waals surface area (Å²) in [6.45, 7) is 0.370. The number of ether oxygens (including phenoxy) is 1. The Labute approximate surface area is 198 Å². The first kappa shape index (κ1) is 20.5. The van der Waals surface area contributed by atoms with Crippen LogP contribution in [0.2, 0.25) is 0 Å². The van der Waals surface area contributed by atoms with Crippen molar-refractivity contribution >= 4 is 5.91 Å². The van der Waals surface area contributed by atoms with Crippen LogP contribution in [0.4, 0.5) is 8.78 Å². The molecule has 1 aromatic heterocycles. The third kappa shape index (κ3) is 2.75. The Morgan fingerprint density at radius 1 is 1.03 bits per heavy atom. The van der Waals surface area contributed by atoms with E-state index >= 15 is 4.39 Å². The van der Waals surface area contributed by atoms with Gasteiger partial charge >= 0.3 is 0 Å². The molecule has 9 heteroatoms. The number of benzene rings is 2. The van der Waals surface area contributed by atoms with Gasteiger partial charge in [0, 0.05) is 29.8 Å². The Morgan fingerprint density at radius 3 is 2.63 bits per heavy atom. The van der Waals surface area contributed by atoms with E-state index in [0.29, 0.717) is 5.56 Å². The molecular formula is C26H21F2N3O4. The highest BCUT2D eigenvalue weighted by Crippen LogP contribution is 2.72. The van der Waals surface area contributed by atoms with Gasteiger partial charge in [-0.05, 0) is 36.0 Å². The first-order valence-corrected chi connectivity index (χ1v) is 11.6. The second-order valence-electron chi connectivity index (χ2n) is 9.84. The molecule has 1 N–H and O–H groups in total. The molecule has 2 aliphatic carbocycles. The lowest BCUT2D eigenvalue weighted by molar-refractivity contribution is 0.0649. The van der Waals surface area contributed by atoms with Gasteiger partial charge in [-0.1, -0.05) is 30.3 Å². The third-order valence-electron chi connectivity index (χ3n) is 8.04. The molecule has 3 heterocycles. The van der Waals surface area contributed by atoms with E-state index in [1.165, 1.54) is 23.0 Å². The lowest BCUT2D eigenvalue weighted by Gasteiger charge is -2.44. The number of fused-ring (bicyclic) bond motifs is 6. The Kier molecular flexibility index (Phi) is 4.00. The lowest BCUT2D eigenvalue weighted by Crippen LogP contribution is -2.56. The van der Waals surface area contributed by atoms with Crippen molar-refractivity contribution in [3.63, 3.8) is 0 Å². The molecule has 7 rings (SSSR count). The van der Waals surface area contributed by atoms with Crippen LogP contribution in [-0.2, 0) is 0 Å². The van der Waals surface area contributed by atoms with E-state index in [0.717, 1.165) is 24.5 Å². The molecule has 3 aromatic rings. The Hall–Kier alpha value is -3.88. The molecule has 35 heavy (non-hydrogen) atoms. The van der Waals surface area contributed by atoms with E-state index in [-0.39, 0.29) is 42.1 Å². The number of pyridine rings is 1. The van der Waals surface area contributed by atoms with E-state index in [1.807, 2.05) is 30.3 Å². The van der Waals surface area contributed by atoms with Crippen LogP contribution in [0.15, 0.2) is 59.5 Å². The molecule has 2 bridgehead atoms. The highest BCUT2D eigenvalue weighted by molar-refractivity contribution is 5.96. The molecule has 178 valence electrons. The van der Waals surface area contributed by atoms with Gasteiger partial charge in [0.2, 0.25) is 11.2 Å². The maximum atomic E-state index is 15.2. The van der Waals surface area contributed by atoms with E-state index in [2.05, 4.69) is 0 Å². The van der Waals surface area contributed by atoms with Gasteiger partial charge in [-0.15, -0.1) is 0 Å². The molecule has 2 aromatic carbocycles. The van der Waals surface area contributed by atoms with Gasteiger partial charge in [0.05, 0.1) is 6.61 Å². The van der Waals surface area contributed by atoms with Crippen molar-refractivity contribution in [1.82, 2.24) is 9.58 Å². The van der Waals surface area contributed by atoms with Crippen LogP contribution in [0.25, 0.3) is 0 Å². The molecule has 2 aliphatic heterocycles. The number of hydrogen-bond acceptors (Lipinski definition) is 5. The predicted molar refractivity (Wildman–Crippen MR) is 121 cm³/mol.